The second-order valence-electron chi connectivity index (χ2n) is 5.86. The van der Waals surface area contributed by atoms with Crippen molar-refractivity contribution < 1.29 is 18.8 Å². The van der Waals surface area contributed by atoms with Gasteiger partial charge in [0.2, 0.25) is 11.8 Å². The molecule has 3 amide bonds. The highest BCUT2D eigenvalue weighted by Crippen LogP contribution is 2.16. The van der Waals surface area contributed by atoms with Gasteiger partial charge in [-0.05, 0) is 37.1 Å². The average molecular weight is 335 g/mol. The molecule has 7 heteroatoms. The summed E-state index contributed by atoms with van der Waals surface area (Å²) in [6, 6.07) is 5.25. The molecule has 0 spiro atoms. The third-order valence-corrected chi connectivity index (χ3v) is 4.05. The lowest BCUT2D eigenvalue weighted by molar-refractivity contribution is -0.133. The number of likely N-dealkylation sites (tertiary alicyclic amines) is 1. The van der Waals surface area contributed by atoms with Gasteiger partial charge in [-0.25, -0.2) is 4.39 Å². The van der Waals surface area contributed by atoms with Gasteiger partial charge in [0.05, 0.1) is 5.92 Å². The van der Waals surface area contributed by atoms with Crippen molar-refractivity contribution in [2.45, 2.75) is 19.8 Å². The van der Waals surface area contributed by atoms with Gasteiger partial charge in [0.1, 0.15) is 5.82 Å². The van der Waals surface area contributed by atoms with Crippen LogP contribution in [0.25, 0.3) is 0 Å². The maximum Gasteiger partial charge on any atom is 0.251 e. The fraction of sp³-hybridized carbons (Fsp3) is 0.471. The molecule has 6 nitrogen and oxygen atoms in total. The summed E-state index contributed by atoms with van der Waals surface area (Å²) in [5.41, 5.74) is 0.368. The summed E-state index contributed by atoms with van der Waals surface area (Å²) in [5, 5.41) is 5.44. The van der Waals surface area contributed by atoms with Crippen molar-refractivity contribution in [2.75, 3.05) is 26.2 Å². The standard InChI is InChI=1S/C17H22FN3O3/c1-12(22)21-10-2-3-14(11-21)17(24)20-9-8-19-16(23)13-4-6-15(18)7-5-13/h4-7,14H,2-3,8-11H2,1H3,(H,19,23)(H,20,24). The Labute approximate surface area is 140 Å². The molecule has 1 aromatic carbocycles. The van der Waals surface area contributed by atoms with Crippen LogP contribution < -0.4 is 10.6 Å². The van der Waals surface area contributed by atoms with Crippen molar-refractivity contribution in [3.8, 4) is 0 Å². The maximum absolute atomic E-state index is 12.8. The first-order chi connectivity index (χ1) is 11.5. The summed E-state index contributed by atoms with van der Waals surface area (Å²) in [6.07, 6.45) is 1.58. The Morgan fingerprint density at radius 2 is 1.83 bits per heavy atom. The van der Waals surface area contributed by atoms with Gasteiger partial charge >= 0.3 is 0 Å². The van der Waals surface area contributed by atoms with E-state index in [4.69, 9.17) is 0 Å². The summed E-state index contributed by atoms with van der Waals surface area (Å²) in [7, 11) is 0. The zero-order valence-electron chi connectivity index (χ0n) is 13.7. The number of benzene rings is 1. The Morgan fingerprint density at radius 1 is 1.17 bits per heavy atom. The third-order valence-electron chi connectivity index (χ3n) is 4.05. The molecule has 1 aliphatic heterocycles. The number of amides is 3. The zero-order valence-corrected chi connectivity index (χ0v) is 13.7. The summed E-state index contributed by atoms with van der Waals surface area (Å²) < 4.78 is 12.8. The minimum Gasteiger partial charge on any atom is -0.354 e. The lowest BCUT2D eigenvalue weighted by atomic mass is 9.97. The summed E-state index contributed by atoms with van der Waals surface area (Å²) in [4.78, 5) is 37.0. The van der Waals surface area contributed by atoms with E-state index in [1.54, 1.807) is 4.90 Å². The first-order valence-electron chi connectivity index (χ1n) is 8.04. The molecule has 1 aliphatic rings. The number of carbonyl (C=O) groups is 3. The Hall–Kier alpha value is -2.44. The topological polar surface area (TPSA) is 78.5 Å². The monoisotopic (exact) mass is 335 g/mol. The largest absolute Gasteiger partial charge is 0.354 e. The van der Waals surface area contributed by atoms with Crippen LogP contribution in [0, 0.1) is 11.7 Å². The van der Waals surface area contributed by atoms with Crippen molar-refractivity contribution in [3.05, 3.63) is 35.6 Å². The molecule has 1 fully saturated rings. The van der Waals surface area contributed by atoms with E-state index in [9.17, 15) is 18.8 Å². The molecule has 0 radical (unpaired) electrons. The predicted molar refractivity (Wildman–Crippen MR) is 86.7 cm³/mol. The highest BCUT2D eigenvalue weighted by atomic mass is 19.1. The molecule has 1 aromatic rings. The van der Waals surface area contributed by atoms with E-state index < -0.39 is 5.82 Å². The second-order valence-corrected chi connectivity index (χ2v) is 5.86. The molecule has 0 aliphatic carbocycles. The zero-order chi connectivity index (χ0) is 17.5. The van der Waals surface area contributed by atoms with Crippen LogP contribution in [0.1, 0.15) is 30.1 Å². The Balaban J connectivity index is 1.70. The number of rotatable bonds is 5. The molecule has 130 valence electrons. The van der Waals surface area contributed by atoms with Gasteiger partial charge in [0.15, 0.2) is 0 Å². The van der Waals surface area contributed by atoms with E-state index >= 15 is 0 Å². The fourth-order valence-corrected chi connectivity index (χ4v) is 2.69. The van der Waals surface area contributed by atoms with Gasteiger partial charge in [-0.2, -0.15) is 0 Å². The summed E-state index contributed by atoms with van der Waals surface area (Å²) >= 11 is 0. The SMILES string of the molecule is CC(=O)N1CCCC(C(=O)NCCNC(=O)c2ccc(F)cc2)C1. The first-order valence-corrected chi connectivity index (χ1v) is 8.04. The number of halogens is 1. The van der Waals surface area contributed by atoms with Crippen molar-refractivity contribution in [1.29, 1.82) is 0 Å². The number of carbonyl (C=O) groups excluding carboxylic acids is 3. The highest BCUT2D eigenvalue weighted by Gasteiger charge is 2.26. The first kappa shape index (κ1) is 17.9. The minimum absolute atomic E-state index is 0.0148. The van der Waals surface area contributed by atoms with E-state index in [1.807, 2.05) is 0 Å². The van der Waals surface area contributed by atoms with Crippen molar-refractivity contribution in [2.24, 2.45) is 5.92 Å². The van der Waals surface area contributed by atoms with Gasteiger partial charge in [-0.1, -0.05) is 0 Å². The average Bonchev–Trinajstić information content (AvgIpc) is 2.59. The van der Waals surface area contributed by atoms with Crippen molar-refractivity contribution in [1.82, 2.24) is 15.5 Å². The molecule has 1 heterocycles. The lowest BCUT2D eigenvalue weighted by Gasteiger charge is -2.31. The number of nitrogens with zero attached hydrogens (tertiary/aromatic N) is 1. The van der Waals surface area contributed by atoms with Crippen LogP contribution in [0.4, 0.5) is 4.39 Å². The van der Waals surface area contributed by atoms with Gasteiger partial charge in [-0.3, -0.25) is 14.4 Å². The molecule has 2 N–H and O–H groups in total. The molecule has 1 unspecified atom stereocenters. The molecular formula is C17H22FN3O3. The van der Waals surface area contributed by atoms with Gasteiger partial charge in [-0.15, -0.1) is 0 Å². The maximum atomic E-state index is 12.8. The molecule has 0 bridgehead atoms. The molecule has 1 saturated heterocycles. The Kier molecular flexibility index (Phi) is 6.28. The second kappa shape index (κ2) is 8.42. The van der Waals surface area contributed by atoms with E-state index in [0.717, 1.165) is 12.8 Å². The van der Waals surface area contributed by atoms with Crippen LogP contribution in [-0.4, -0.2) is 48.8 Å². The number of piperidine rings is 1. The quantitative estimate of drug-likeness (QED) is 0.786. The number of hydrogen-bond acceptors (Lipinski definition) is 3. The van der Waals surface area contributed by atoms with Crippen LogP contribution in [0.5, 0.6) is 0 Å². The van der Waals surface area contributed by atoms with E-state index in [2.05, 4.69) is 10.6 Å². The predicted octanol–water partition coefficient (Wildman–Crippen LogP) is 0.930. The summed E-state index contributed by atoms with van der Waals surface area (Å²) in [5.74, 6) is -1.03. The van der Waals surface area contributed by atoms with Gasteiger partial charge < -0.3 is 15.5 Å². The highest BCUT2D eigenvalue weighted by molar-refractivity contribution is 5.94. The molecule has 24 heavy (non-hydrogen) atoms. The van der Waals surface area contributed by atoms with E-state index in [1.165, 1.54) is 31.2 Å². The van der Waals surface area contributed by atoms with Crippen LogP contribution in [0.2, 0.25) is 0 Å². The minimum atomic E-state index is -0.397. The number of nitrogens with one attached hydrogen (secondary N) is 2. The number of hydrogen-bond donors (Lipinski definition) is 2. The van der Waals surface area contributed by atoms with Gasteiger partial charge in [0, 0.05) is 38.7 Å². The third kappa shape index (κ3) is 5.04. The van der Waals surface area contributed by atoms with Gasteiger partial charge in [0.25, 0.3) is 5.91 Å². The molecule has 1 atom stereocenters. The Morgan fingerprint density at radius 3 is 2.50 bits per heavy atom. The van der Waals surface area contributed by atoms with Crippen molar-refractivity contribution in [3.63, 3.8) is 0 Å². The van der Waals surface area contributed by atoms with E-state index in [0.29, 0.717) is 25.2 Å². The molecular weight excluding hydrogens is 313 g/mol. The smallest absolute Gasteiger partial charge is 0.251 e. The lowest BCUT2D eigenvalue weighted by Crippen LogP contribution is -2.46. The van der Waals surface area contributed by atoms with Crippen LogP contribution in [0.3, 0.4) is 0 Å². The van der Waals surface area contributed by atoms with Crippen molar-refractivity contribution >= 4 is 17.7 Å². The Bertz CT molecular complexity index is 604. The molecule has 0 saturated carbocycles. The van der Waals surface area contributed by atoms with Crippen LogP contribution in [0.15, 0.2) is 24.3 Å². The van der Waals surface area contributed by atoms with Crippen LogP contribution in [-0.2, 0) is 9.59 Å². The fourth-order valence-electron chi connectivity index (χ4n) is 2.69. The molecule has 2 rings (SSSR count). The van der Waals surface area contributed by atoms with E-state index in [-0.39, 0.29) is 30.2 Å². The molecule has 0 aromatic heterocycles. The summed E-state index contributed by atoms with van der Waals surface area (Å²) in [6.45, 7) is 3.24. The van der Waals surface area contributed by atoms with Crippen LogP contribution >= 0.6 is 0 Å². The normalized spacial score (nSPS) is 17.2.